The largest absolute Gasteiger partial charge is 0.481 e. The van der Waals surface area contributed by atoms with E-state index < -0.39 is 5.97 Å². The number of likely N-dealkylation sites (tertiary alicyclic amines) is 1. The van der Waals surface area contributed by atoms with Crippen molar-refractivity contribution in [1.82, 2.24) is 10.2 Å². The number of nitrogens with zero attached hydrogens (tertiary/aromatic N) is 1. The topological polar surface area (TPSA) is 52.6 Å². The van der Waals surface area contributed by atoms with Crippen molar-refractivity contribution < 1.29 is 9.90 Å². The van der Waals surface area contributed by atoms with Crippen LogP contribution in [-0.4, -0.2) is 41.7 Å². The molecule has 1 aliphatic heterocycles. The summed E-state index contributed by atoms with van der Waals surface area (Å²) in [5, 5.41) is 12.5. The number of hydrogen-bond acceptors (Lipinski definition) is 3. The number of nitrogens with one attached hydrogen (secondary N) is 1. The van der Waals surface area contributed by atoms with E-state index in [-0.39, 0.29) is 6.42 Å². The lowest BCUT2D eigenvalue weighted by Crippen LogP contribution is -2.37. The van der Waals surface area contributed by atoms with E-state index in [1.54, 1.807) is 0 Å². The molecule has 1 saturated carbocycles. The van der Waals surface area contributed by atoms with Crippen LogP contribution in [-0.2, 0) is 17.8 Å². The van der Waals surface area contributed by atoms with Gasteiger partial charge in [-0.3, -0.25) is 9.69 Å². The SMILES string of the molecule is C[C@@H]1C[C@H]1NCC1CCN(Cc2ccc(CC(=O)O)cc2)CC1. The van der Waals surface area contributed by atoms with Gasteiger partial charge in [-0.2, -0.15) is 0 Å². The smallest absolute Gasteiger partial charge is 0.307 e. The molecule has 23 heavy (non-hydrogen) atoms. The van der Waals surface area contributed by atoms with Gasteiger partial charge in [-0.1, -0.05) is 31.2 Å². The Morgan fingerprint density at radius 1 is 1.22 bits per heavy atom. The van der Waals surface area contributed by atoms with Gasteiger partial charge in [0, 0.05) is 12.6 Å². The molecule has 0 amide bonds. The Bertz CT molecular complexity index is 521. The highest BCUT2D eigenvalue weighted by Crippen LogP contribution is 2.29. The highest BCUT2D eigenvalue weighted by atomic mass is 16.4. The molecule has 2 aliphatic rings. The molecule has 2 fully saturated rings. The van der Waals surface area contributed by atoms with Crippen molar-refractivity contribution in [1.29, 1.82) is 0 Å². The highest BCUT2D eigenvalue weighted by Gasteiger charge is 2.32. The summed E-state index contributed by atoms with van der Waals surface area (Å²) in [6.45, 7) is 6.83. The average Bonchev–Trinajstić information content (AvgIpc) is 3.24. The summed E-state index contributed by atoms with van der Waals surface area (Å²) in [7, 11) is 0. The zero-order chi connectivity index (χ0) is 16.2. The molecule has 1 heterocycles. The fourth-order valence-corrected chi connectivity index (χ4v) is 3.47. The van der Waals surface area contributed by atoms with Gasteiger partial charge in [0.25, 0.3) is 0 Å². The summed E-state index contributed by atoms with van der Waals surface area (Å²) in [5.74, 6) is 0.949. The van der Waals surface area contributed by atoms with Crippen LogP contribution in [0.2, 0.25) is 0 Å². The Morgan fingerprint density at radius 3 is 2.39 bits per heavy atom. The molecule has 1 saturated heterocycles. The Balaban J connectivity index is 1.38. The lowest BCUT2D eigenvalue weighted by molar-refractivity contribution is -0.136. The Labute approximate surface area is 138 Å². The van der Waals surface area contributed by atoms with Crippen LogP contribution in [0.5, 0.6) is 0 Å². The average molecular weight is 316 g/mol. The van der Waals surface area contributed by atoms with Gasteiger partial charge in [0.05, 0.1) is 6.42 Å². The molecular formula is C19H28N2O2. The first-order valence-corrected chi connectivity index (χ1v) is 8.85. The van der Waals surface area contributed by atoms with Crippen LogP contribution < -0.4 is 5.32 Å². The molecule has 2 atom stereocenters. The quantitative estimate of drug-likeness (QED) is 0.811. The molecule has 1 aromatic rings. The van der Waals surface area contributed by atoms with Crippen LogP contribution in [0.3, 0.4) is 0 Å². The second-order valence-electron chi connectivity index (χ2n) is 7.33. The normalized spacial score (nSPS) is 25.4. The molecule has 1 aromatic carbocycles. The van der Waals surface area contributed by atoms with E-state index >= 15 is 0 Å². The molecule has 2 N–H and O–H groups in total. The van der Waals surface area contributed by atoms with Gasteiger partial charge in [-0.05, 0) is 61.9 Å². The Hall–Kier alpha value is -1.39. The summed E-state index contributed by atoms with van der Waals surface area (Å²) >= 11 is 0. The number of carboxylic acid groups (broad SMARTS) is 1. The number of aliphatic carboxylic acids is 1. The predicted octanol–water partition coefficient (Wildman–Crippen LogP) is 2.52. The molecule has 4 nitrogen and oxygen atoms in total. The van der Waals surface area contributed by atoms with Crippen LogP contribution in [0.15, 0.2) is 24.3 Å². The standard InChI is InChI=1S/C19H28N2O2/c1-14-10-18(14)20-12-16-6-8-21(9-7-16)13-17-4-2-15(3-5-17)11-19(22)23/h2-5,14,16,18,20H,6-13H2,1H3,(H,22,23)/t14-,18-/m1/s1. The zero-order valence-corrected chi connectivity index (χ0v) is 14.0. The minimum Gasteiger partial charge on any atom is -0.481 e. The molecular weight excluding hydrogens is 288 g/mol. The first kappa shape index (κ1) is 16.5. The van der Waals surface area contributed by atoms with E-state index in [0.29, 0.717) is 0 Å². The molecule has 0 aromatic heterocycles. The third kappa shape index (κ3) is 5.05. The third-order valence-corrected chi connectivity index (χ3v) is 5.27. The van der Waals surface area contributed by atoms with E-state index in [1.165, 1.54) is 44.5 Å². The highest BCUT2D eigenvalue weighted by molar-refractivity contribution is 5.70. The van der Waals surface area contributed by atoms with E-state index in [0.717, 1.165) is 30.0 Å². The van der Waals surface area contributed by atoms with Gasteiger partial charge in [0.15, 0.2) is 0 Å². The third-order valence-electron chi connectivity index (χ3n) is 5.27. The van der Waals surface area contributed by atoms with E-state index in [1.807, 2.05) is 12.1 Å². The maximum absolute atomic E-state index is 10.7. The zero-order valence-electron chi connectivity index (χ0n) is 14.0. The number of rotatable bonds is 7. The van der Waals surface area contributed by atoms with E-state index in [9.17, 15) is 4.79 Å². The lowest BCUT2D eigenvalue weighted by Gasteiger charge is -2.32. The van der Waals surface area contributed by atoms with Crippen LogP contribution in [0.25, 0.3) is 0 Å². The van der Waals surface area contributed by atoms with Crippen LogP contribution >= 0.6 is 0 Å². The molecule has 1 aliphatic carbocycles. The summed E-state index contributed by atoms with van der Waals surface area (Å²) < 4.78 is 0. The minimum atomic E-state index is -0.769. The van der Waals surface area contributed by atoms with Gasteiger partial charge in [-0.15, -0.1) is 0 Å². The number of carboxylic acids is 1. The number of hydrogen-bond donors (Lipinski definition) is 2. The second kappa shape index (κ2) is 7.45. The second-order valence-corrected chi connectivity index (χ2v) is 7.33. The van der Waals surface area contributed by atoms with E-state index in [2.05, 4.69) is 29.3 Å². The molecule has 0 unspecified atom stereocenters. The summed E-state index contributed by atoms with van der Waals surface area (Å²) in [4.78, 5) is 13.2. The Kier molecular flexibility index (Phi) is 5.34. The van der Waals surface area contributed by atoms with Gasteiger partial charge >= 0.3 is 5.97 Å². The number of piperidine rings is 1. The van der Waals surface area contributed by atoms with Crippen molar-refractivity contribution in [2.75, 3.05) is 19.6 Å². The Morgan fingerprint density at radius 2 is 1.83 bits per heavy atom. The van der Waals surface area contributed by atoms with Gasteiger partial charge < -0.3 is 10.4 Å². The van der Waals surface area contributed by atoms with Crippen LogP contribution in [0, 0.1) is 11.8 Å². The molecule has 0 bridgehead atoms. The molecule has 3 rings (SSSR count). The summed E-state index contributed by atoms with van der Waals surface area (Å²) in [5.41, 5.74) is 2.16. The van der Waals surface area contributed by atoms with Crippen molar-refractivity contribution in [2.24, 2.45) is 11.8 Å². The van der Waals surface area contributed by atoms with Crippen molar-refractivity contribution in [3.8, 4) is 0 Å². The monoisotopic (exact) mass is 316 g/mol. The molecule has 0 spiro atoms. The van der Waals surface area contributed by atoms with Crippen molar-refractivity contribution in [3.63, 3.8) is 0 Å². The first-order chi connectivity index (χ1) is 11.1. The van der Waals surface area contributed by atoms with Gasteiger partial charge in [0.1, 0.15) is 0 Å². The minimum absolute atomic E-state index is 0.109. The summed E-state index contributed by atoms with van der Waals surface area (Å²) in [6, 6.07) is 8.81. The molecule has 0 radical (unpaired) electrons. The molecule has 126 valence electrons. The van der Waals surface area contributed by atoms with Crippen molar-refractivity contribution in [2.45, 2.75) is 45.2 Å². The van der Waals surface area contributed by atoms with Crippen molar-refractivity contribution in [3.05, 3.63) is 35.4 Å². The molecule has 4 heteroatoms. The van der Waals surface area contributed by atoms with E-state index in [4.69, 9.17) is 5.11 Å². The maximum Gasteiger partial charge on any atom is 0.307 e. The maximum atomic E-state index is 10.7. The number of carbonyl (C=O) groups is 1. The van der Waals surface area contributed by atoms with Crippen LogP contribution in [0.4, 0.5) is 0 Å². The van der Waals surface area contributed by atoms with Crippen molar-refractivity contribution >= 4 is 5.97 Å². The summed E-state index contributed by atoms with van der Waals surface area (Å²) in [6.07, 6.45) is 4.03. The number of benzene rings is 1. The lowest BCUT2D eigenvalue weighted by atomic mass is 9.96. The van der Waals surface area contributed by atoms with Crippen LogP contribution in [0.1, 0.15) is 37.3 Å². The van der Waals surface area contributed by atoms with Gasteiger partial charge in [-0.25, -0.2) is 0 Å². The fourth-order valence-electron chi connectivity index (χ4n) is 3.47. The fraction of sp³-hybridized carbons (Fsp3) is 0.632. The van der Waals surface area contributed by atoms with Gasteiger partial charge in [0.2, 0.25) is 0 Å². The predicted molar refractivity (Wildman–Crippen MR) is 91.4 cm³/mol. The first-order valence-electron chi connectivity index (χ1n) is 8.85.